The molecule has 0 unspecified atom stereocenters. The van der Waals surface area contributed by atoms with Crippen LogP contribution in [-0.4, -0.2) is 44.2 Å². The highest BCUT2D eigenvalue weighted by Gasteiger charge is 1.98. The molecule has 0 aromatic heterocycles. The van der Waals surface area contributed by atoms with Crippen LogP contribution < -0.4 is 10.6 Å². The Hall–Kier alpha value is -0.770. The van der Waals surface area contributed by atoms with Crippen LogP contribution in [0.25, 0.3) is 0 Å². The molecule has 0 radical (unpaired) electrons. The van der Waals surface area contributed by atoms with Gasteiger partial charge in [-0.1, -0.05) is 13.8 Å². The molecule has 0 saturated carbocycles. The van der Waals surface area contributed by atoms with Crippen molar-refractivity contribution in [3.8, 4) is 0 Å². The normalized spacial score (nSPS) is 10.2. The van der Waals surface area contributed by atoms with Gasteiger partial charge in [-0.25, -0.2) is 4.79 Å². The molecule has 0 rings (SSSR count). The average Bonchev–Trinajstić information content (AvgIpc) is 2.18. The number of carbonyl (C=O) groups excluding carboxylic acids is 1. The molecule has 0 heterocycles. The van der Waals surface area contributed by atoms with Gasteiger partial charge in [0.15, 0.2) is 0 Å². The first-order valence-corrected chi connectivity index (χ1v) is 4.92. The zero-order valence-corrected chi connectivity index (χ0v) is 8.89. The fraction of sp³-hybridized carbons (Fsp3) is 0.889. The minimum absolute atomic E-state index is 0.0976. The van der Waals surface area contributed by atoms with Gasteiger partial charge in [0.2, 0.25) is 0 Å². The van der Waals surface area contributed by atoms with E-state index >= 15 is 0 Å². The van der Waals surface area contributed by atoms with Crippen molar-refractivity contribution in [2.45, 2.75) is 20.3 Å². The summed E-state index contributed by atoms with van der Waals surface area (Å²) in [6, 6.07) is -0.0976. The van der Waals surface area contributed by atoms with Gasteiger partial charge >= 0.3 is 6.03 Å². The second-order valence-corrected chi connectivity index (χ2v) is 2.89. The molecule has 4 heteroatoms. The van der Waals surface area contributed by atoms with E-state index < -0.39 is 0 Å². The topological polar surface area (TPSA) is 44.4 Å². The minimum atomic E-state index is -0.0976. The van der Waals surface area contributed by atoms with E-state index in [4.69, 9.17) is 0 Å². The Bertz CT molecular complexity index is 135. The summed E-state index contributed by atoms with van der Waals surface area (Å²) < 4.78 is 0. The van der Waals surface area contributed by atoms with E-state index in [1.165, 1.54) is 0 Å². The van der Waals surface area contributed by atoms with Crippen LogP contribution in [0.2, 0.25) is 0 Å². The van der Waals surface area contributed by atoms with Crippen molar-refractivity contribution >= 4 is 6.03 Å². The molecule has 0 aromatic carbocycles. The summed E-state index contributed by atoms with van der Waals surface area (Å²) >= 11 is 0. The highest BCUT2D eigenvalue weighted by atomic mass is 16.2. The van der Waals surface area contributed by atoms with Crippen molar-refractivity contribution in [1.82, 2.24) is 15.5 Å². The lowest BCUT2D eigenvalue weighted by molar-refractivity contribution is 0.241. The highest BCUT2D eigenvalue weighted by Crippen LogP contribution is 1.88. The van der Waals surface area contributed by atoms with Crippen molar-refractivity contribution in [3.63, 3.8) is 0 Å². The van der Waals surface area contributed by atoms with Crippen LogP contribution in [0.5, 0.6) is 0 Å². The molecule has 0 bridgehead atoms. The molecule has 0 aromatic rings. The summed E-state index contributed by atoms with van der Waals surface area (Å²) in [5.74, 6) is 0. The molecule has 0 fully saturated rings. The predicted octanol–water partition coefficient (Wildman–Crippen LogP) is 0.647. The molecular weight excluding hydrogens is 166 g/mol. The lowest BCUT2D eigenvalue weighted by atomic mass is 10.3. The second-order valence-electron chi connectivity index (χ2n) is 2.89. The first kappa shape index (κ1) is 12.2. The van der Waals surface area contributed by atoms with Crippen molar-refractivity contribution in [2.24, 2.45) is 0 Å². The third kappa shape index (κ3) is 6.40. The van der Waals surface area contributed by atoms with E-state index in [-0.39, 0.29) is 6.03 Å². The molecule has 13 heavy (non-hydrogen) atoms. The first-order valence-electron chi connectivity index (χ1n) is 4.92. The third-order valence-corrected chi connectivity index (χ3v) is 2.06. The van der Waals surface area contributed by atoms with Gasteiger partial charge < -0.3 is 15.5 Å². The van der Waals surface area contributed by atoms with Crippen LogP contribution in [0.15, 0.2) is 0 Å². The molecule has 78 valence electrons. The predicted molar refractivity (Wildman–Crippen MR) is 54.9 cm³/mol. The summed E-state index contributed by atoms with van der Waals surface area (Å²) in [6.45, 7) is 8.26. The number of nitrogens with one attached hydrogen (secondary N) is 2. The van der Waals surface area contributed by atoms with Crippen molar-refractivity contribution in [3.05, 3.63) is 0 Å². The van der Waals surface area contributed by atoms with Crippen molar-refractivity contribution in [1.29, 1.82) is 0 Å². The van der Waals surface area contributed by atoms with E-state index in [0.29, 0.717) is 0 Å². The van der Waals surface area contributed by atoms with E-state index in [1.54, 1.807) is 7.05 Å². The fourth-order valence-corrected chi connectivity index (χ4v) is 1.13. The van der Waals surface area contributed by atoms with Crippen LogP contribution in [0.1, 0.15) is 20.3 Å². The Labute approximate surface area is 80.7 Å². The van der Waals surface area contributed by atoms with Gasteiger partial charge in [0.25, 0.3) is 0 Å². The zero-order chi connectivity index (χ0) is 10.1. The van der Waals surface area contributed by atoms with Crippen LogP contribution in [0.4, 0.5) is 4.79 Å². The summed E-state index contributed by atoms with van der Waals surface area (Å²) in [7, 11) is 1.62. The number of rotatable bonds is 6. The molecule has 2 N–H and O–H groups in total. The Morgan fingerprint density at radius 3 is 2.38 bits per heavy atom. The molecule has 0 atom stereocenters. The Morgan fingerprint density at radius 1 is 1.31 bits per heavy atom. The summed E-state index contributed by atoms with van der Waals surface area (Å²) in [6.07, 6.45) is 1.01. The number of amides is 2. The number of nitrogens with zero attached hydrogens (tertiary/aromatic N) is 1. The molecule has 2 amide bonds. The fourth-order valence-electron chi connectivity index (χ4n) is 1.13. The van der Waals surface area contributed by atoms with Crippen LogP contribution >= 0.6 is 0 Å². The number of urea groups is 1. The van der Waals surface area contributed by atoms with Crippen molar-refractivity contribution < 1.29 is 4.79 Å². The maximum absolute atomic E-state index is 10.8. The zero-order valence-electron chi connectivity index (χ0n) is 8.89. The third-order valence-electron chi connectivity index (χ3n) is 2.06. The van der Waals surface area contributed by atoms with Gasteiger partial charge in [-0.05, 0) is 26.1 Å². The quantitative estimate of drug-likeness (QED) is 0.600. The maximum atomic E-state index is 10.8. The van der Waals surface area contributed by atoms with Gasteiger partial charge in [-0.3, -0.25) is 0 Å². The maximum Gasteiger partial charge on any atom is 0.314 e. The largest absolute Gasteiger partial charge is 0.341 e. The van der Waals surface area contributed by atoms with E-state index in [1.807, 2.05) is 0 Å². The van der Waals surface area contributed by atoms with Gasteiger partial charge in [-0.2, -0.15) is 0 Å². The lowest BCUT2D eigenvalue weighted by Gasteiger charge is -2.17. The molecule has 0 saturated heterocycles. The number of hydrogen-bond donors (Lipinski definition) is 2. The molecule has 0 spiro atoms. The van der Waals surface area contributed by atoms with E-state index in [0.717, 1.165) is 32.6 Å². The minimum Gasteiger partial charge on any atom is -0.341 e. The van der Waals surface area contributed by atoms with Crippen LogP contribution in [-0.2, 0) is 0 Å². The summed E-state index contributed by atoms with van der Waals surface area (Å²) in [5, 5.41) is 5.28. The smallest absolute Gasteiger partial charge is 0.314 e. The summed E-state index contributed by atoms with van der Waals surface area (Å²) in [4.78, 5) is 13.1. The summed E-state index contributed by atoms with van der Waals surface area (Å²) in [5.41, 5.74) is 0. The molecule has 0 aliphatic rings. The number of hydrogen-bond acceptors (Lipinski definition) is 2. The SMILES string of the molecule is CCN(CC)CCCNC(=O)NC. The molecule has 4 nitrogen and oxygen atoms in total. The first-order chi connectivity index (χ1) is 6.24. The lowest BCUT2D eigenvalue weighted by Crippen LogP contribution is -2.35. The van der Waals surface area contributed by atoms with Gasteiger partial charge in [0.1, 0.15) is 0 Å². The standard InChI is InChI=1S/C9H21N3O/c1-4-12(5-2)8-6-7-11-9(13)10-3/h4-8H2,1-3H3,(H2,10,11,13). The van der Waals surface area contributed by atoms with Crippen LogP contribution in [0, 0.1) is 0 Å². The van der Waals surface area contributed by atoms with Gasteiger partial charge in [0, 0.05) is 13.6 Å². The average molecular weight is 187 g/mol. The number of carbonyl (C=O) groups is 1. The Kier molecular flexibility index (Phi) is 7.39. The molecular formula is C9H21N3O. The van der Waals surface area contributed by atoms with Crippen LogP contribution in [0.3, 0.4) is 0 Å². The van der Waals surface area contributed by atoms with Crippen molar-refractivity contribution in [2.75, 3.05) is 33.2 Å². The molecule has 0 aliphatic carbocycles. The monoisotopic (exact) mass is 187 g/mol. The van der Waals surface area contributed by atoms with Gasteiger partial charge in [0.05, 0.1) is 0 Å². The van der Waals surface area contributed by atoms with E-state index in [9.17, 15) is 4.79 Å². The Balaban J connectivity index is 3.28. The highest BCUT2D eigenvalue weighted by molar-refractivity contribution is 5.73. The second kappa shape index (κ2) is 7.86. The molecule has 0 aliphatic heterocycles. The van der Waals surface area contributed by atoms with Gasteiger partial charge in [-0.15, -0.1) is 0 Å². The Morgan fingerprint density at radius 2 is 1.92 bits per heavy atom. The van der Waals surface area contributed by atoms with E-state index in [2.05, 4.69) is 29.4 Å².